The summed E-state index contributed by atoms with van der Waals surface area (Å²) in [5, 5.41) is 2.21. The quantitative estimate of drug-likeness (QED) is 0.489. The van der Waals surface area contributed by atoms with Crippen LogP contribution in [0.1, 0.15) is 17.0 Å². The number of nitrogens with one attached hydrogen (secondary N) is 1. The Kier molecular flexibility index (Phi) is 4.74. The Morgan fingerprint density at radius 3 is 2.55 bits per heavy atom. The van der Waals surface area contributed by atoms with Crippen molar-refractivity contribution in [3.63, 3.8) is 0 Å². The number of urea groups is 1. The lowest BCUT2D eigenvalue weighted by Crippen LogP contribution is -2.54. The van der Waals surface area contributed by atoms with Gasteiger partial charge in [-0.1, -0.05) is 6.07 Å². The molecule has 3 aromatic rings. The van der Waals surface area contributed by atoms with E-state index in [0.29, 0.717) is 28.4 Å². The molecule has 0 unspecified atom stereocenters. The molecule has 0 saturated carbocycles. The van der Waals surface area contributed by atoms with Gasteiger partial charge < -0.3 is 14.0 Å². The number of nitrogens with zero attached hydrogens (tertiary/aromatic N) is 2. The van der Waals surface area contributed by atoms with Crippen LogP contribution < -0.4 is 19.7 Å². The molecule has 3 heterocycles. The van der Waals surface area contributed by atoms with Gasteiger partial charge in [0.15, 0.2) is 11.5 Å². The van der Waals surface area contributed by atoms with Gasteiger partial charge in [0.05, 0.1) is 5.69 Å². The molecule has 1 fully saturated rings. The van der Waals surface area contributed by atoms with Crippen molar-refractivity contribution < 1.29 is 28.2 Å². The molecule has 2 aliphatic rings. The summed E-state index contributed by atoms with van der Waals surface area (Å²) in [5.41, 5.74) is 2.74. The molecule has 33 heavy (non-hydrogen) atoms. The van der Waals surface area contributed by atoms with Crippen molar-refractivity contribution in [1.29, 1.82) is 0 Å². The molecule has 8 nitrogen and oxygen atoms in total. The van der Waals surface area contributed by atoms with Crippen LogP contribution in [-0.4, -0.2) is 29.2 Å². The molecule has 0 aliphatic carbocycles. The number of hydrogen-bond acceptors (Lipinski definition) is 5. The van der Waals surface area contributed by atoms with E-state index in [2.05, 4.69) is 5.32 Å². The highest BCUT2D eigenvalue weighted by molar-refractivity contribution is 6.39. The Morgan fingerprint density at radius 1 is 0.970 bits per heavy atom. The van der Waals surface area contributed by atoms with Gasteiger partial charge in [0.1, 0.15) is 11.4 Å². The molecule has 1 N–H and O–H groups in total. The monoisotopic (exact) mass is 447 g/mol. The molecular formula is C24H18FN3O5. The molecule has 9 heteroatoms. The van der Waals surface area contributed by atoms with E-state index in [1.807, 2.05) is 11.5 Å². The molecule has 0 bridgehead atoms. The Labute approximate surface area is 187 Å². The average molecular weight is 447 g/mol. The fourth-order valence-electron chi connectivity index (χ4n) is 4.02. The Morgan fingerprint density at radius 2 is 1.76 bits per heavy atom. The van der Waals surface area contributed by atoms with Crippen molar-refractivity contribution in [2.75, 3.05) is 11.7 Å². The number of halogens is 1. The van der Waals surface area contributed by atoms with E-state index in [9.17, 15) is 18.8 Å². The zero-order valence-electron chi connectivity index (χ0n) is 17.7. The lowest BCUT2D eigenvalue weighted by molar-refractivity contribution is -0.122. The maximum atomic E-state index is 13.7. The minimum absolute atomic E-state index is 0.0451. The van der Waals surface area contributed by atoms with Crippen molar-refractivity contribution in [2.45, 2.75) is 13.8 Å². The van der Waals surface area contributed by atoms with Gasteiger partial charge in [-0.15, -0.1) is 0 Å². The van der Waals surface area contributed by atoms with Crippen molar-refractivity contribution in [1.82, 2.24) is 9.88 Å². The van der Waals surface area contributed by atoms with Gasteiger partial charge in [0.25, 0.3) is 11.8 Å². The molecule has 0 spiro atoms. The fraction of sp³-hybridized carbons (Fsp3) is 0.125. The van der Waals surface area contributed by atoms with Crippen LogP contribution in [0.3, 0.4) is 0 Å². The lowest BCUT2D eigenvalue weighted by atomic mass is 10.1. The van der Waals surface area contributed by atoms with Crippen LogP contribution in [-0.2, 0) is 9.59 Å². The molecule has 166 valence electrons. The summed E-state index contributed by atoms with van der Waals surface area (Å²) >= 11 is 0. The molecular weight excluding hydrogens is 429 g/mol. The number of carbonyl (C=O) groups excluding carboxylic acids is 3. The van der Waals surface area contributed by atoms with Crippen molar-refractivity contribution in [2.24, 2.45) is 0 Å². The second kappa shape index (κ2) is 7.63. The minimum atomic E-state index is -0.855. The van der Waals surface area contributed by atoms with E-state index in [1.165, 1.54) is 30.3 Å². The number of aryl methyl sites for hydroxylation is 1. The molecule has 5 rings (SSSR count). The summed E-state index contributed by atoms with van der Waals surface area (Å²) in [7, 11) is 0. The van der Waals surface area contributed by atoms with Gasteiger partial charge in [0.2, 0.25) is 6.79 Å². The number of anilines is 1. The van der Waals surface area contributed by atoms with Gasteiger partial charge in [-0.05, 0) is 61.9 Å². The standard InChI is InChI=1S/C24H18FN3O5/c1-13-8-15(14(2)27(13)17-5-3-4-16(25)10-17)9-19-22(29)26-24(31)28(23(19)30)18-6-7-20-21(11-18)33-12-32-20/h3-11H,12H2,1-2H3,(H,26,29,31)/b19-9+. The SMILES string of the molecule is Cc1cc(/C=C2\C(=O)NC(=O)N(c3ccc4c(c3)OCO4)C2=O)c(C)n1-c1cccc(F)c1. The zero-order chi connectivity index (χ0) is 23.3. The number of imide groups is 2. The smallest absolute Gasteiger partial charge is 0.335 e. The number of amides is 4. The molecule has 1 saturated heterocycles. The average Bonchev–Trinajstić information content (AvgIpc) is 3.34. The van der Waals surface area contributed by atoms with Gasteiger partial charge in [-0.3, -0.25) is 14.9 Å². The van der Waals surface area contributed by atoms with Crippen LogP contribution in [0, 0.1) is 19.7 Å². The fourth-order valence-corrected chi connectivity index (χ4v) is 4.02. The first-order valence-corrected chi connectivity index (χ1v) is 10.1. The van der Waals surface area contributed by atoms with E-state index in [-0.39, 0.29) is 23.9 Å². The largest absolute Gasteiger partial charge is 0.454 e. The van der Waals surface area contributed by atoms with Crippen LogP contribution in [0.25, 0.3) is 11.8 Å². The third-order valence-corrected chi connectivity index (χ3v) is 5.55. The van der Waals surface area contributed by atoms with Crippen LogP contribution in [0.15, 0.2) is 54.1 Å². The highest BCUT2D eigenvalue weighted by atomic mass is 19.1. The summed E-state index contributed by atoms with van der Waals surface area (Å²) in [6.45, 7) is 3.69. The van der Waals surface area contributed by atoms with Gasteiger partial charge >= 0.3 is 6.03 Å². The first-order valence-electron chi connectivity index (χ1n) is 10.1. The van der Waals surface area contributed by atoms with Crippen LogP contribution in [0.5, 0.6) is 11.5 Å². The molecule has 4 amide bonds. The molecule has 1 aromatic heterocycles. The normalized spacial score (nSPS) is 16.5. The topological polar surface area (TPSA) is 89.9 Å². The predicted octanol–water partition coefficient (Wildman–Crippen LogP) is 3.63. The second-order valence-electron chi connectivity index (χ2n) is 7.64. The van der Waals surface area contributed by atoms with Crippen LogP contribution in [0.2, 0.25) is 0 Å². The summed E-state index contributed by atoms with van der Waals surface area (Å²) in [4.78, 5) is 39.1. The van der Waals surface area contributed by atoms with Crippen molar-refractivity contribution in [3.8, 4) is 17.2 Å². The highest BCUT2D eigenvalue weighted by Gasteiger charge is 2.37. The first kappa shape index (κ1) is 20.5. The van der Waals surface area contributed by atoms with Crippen molar-refractivity contribution >= 4 is 29.6 Å². The Bertz CT molecular complexity index is 1370. The molecule has 0 radical (unpaired) electrons. The second-order valence-corrected chi connectivity index (χ2v) is 7.64. The number of fused-ring (bicyclic) bond motifs is 1. The van der Waals surface area contributed by atoms with Crippen LogP contribution in [0.4, 0.5) is 14.9 Å². The maximum absolute atomic E-state index is 13.7. The van der Waals surface area contributed by atoms with E-state index in [1.54, 1.807) is 31.2 Å². The number of hydrogen-bond donors (Lipinski definition) is 1. The Balaban J connectivity index is 1.54. The summed E-state index contributed by atoms with van der Waals surface area (Å²) in [6.07, 6.45) is 1.43. The predicted molar refractivity (Wildman–Crippen MR) is 117 cm³/mol. The van der Waals surface area contributed by atoms with Crippen molar-refractivity contribution in [3.05, 3.63) is 76.9 Å². The minimum Gasteiger partial charge on any atom is -0.454 e. The summed E-state index contributed by atoms with van der Waals surface area (Å²) < 4.78 is 26.2. The molecule has 0 atom stereocenters. The van der Waals surface area contributed by atoms with E-state index < -0.39 is 17.8 Å². The van der Waals surface area contributed by atoms with Gasteiger partial charge in [0, 0.05) is 23.1 Å². The number of barbiturate groups is 1. The van der Waals surface area contributed by atoms with Gasteiger partial charge in [-0.2, -0.15) is 0 Å². The van der Waals surface area contributed by atoms with E-state index >= 15 is 0 Å². The summed E-state index contributed by atoms with van der Waals surface area (Å²) in [6, 6.07) is 11.7. The number of rotatable bonds is 3. The number of benzene rings is 2. The first-order chi connectivity index (χ1) is 15.8. The van der Waals surface area contributed by atoms with Crippen LogP contribution >= 0.6 is 0 Å². The zero-order valence-corrected chi connectivity index (χ0v) is 17.7. The third-order valence-electron chi connectivity index (χ3n) is 5.55. The highest BCUT2D eigenvalue weighted by Crippen LogP contribution is 2.36. The van der Waals surface area contributed by atoms with E-state index in [0.717, 1.165) is 10.6 Å². The van der Waals surface area contributed by atoms with Gasteiger partial charge in [-0.25, -0.2) is 14.1 Å². The molecule has 2 aliphatic heterocycles. The molecule has 2 aromatic carbocycles. The van der Waals surface area contributed by atoms with E-state index in [4.69, 9.17) is 9.47 Å². The number of aromatic nitrogens is 1. The Hall–Kier alpha value is -4.40. The lowest BCUT2D eigenvalue weighted by Gasteiger charge is -2.26. The number of ether oxygens (including phenoxy) is 2. The maximum Gasteiger partial charge on any atom is 0.335 e. The summed E-state index contributed by atoms with van der Waals surface area (Å²) in [5.74, 6) is -1.04. The number of carbonyl (C=O) groups is 3. The third kappa shape index (κ3) is 3.43.